The maximum Gasteiger partial charge on any atom is 0.165 e. The number of ether oxygens (including phenoxy) is 2. The van der Waals surface area contributed by atoms with Crippen LogP contribution in [-0.2, 0) is 0 Å². The van der Waals surface area contributed by atoms with Gasteiger partial charge in [0.25, 0.3) is 0 Å². The maximum atomic E-state index is 5.51. The number of benzene rings is 1. The Hall–Kier alpha value is -1.22. The number of rotatable bonds is 9. The van der Waals surface area contributed by atoms with Crippen LogP contribution in [0.4, 0.5) is 0 Å². The highest BCUT2D eigenvalue weighted by atomic mass is 16.5. The summed E-state index contributed by atoms with van der Waals surface area (Å²) < 4.78 is 10.9. The fourth-order valence-corrected chi connectivity index (χ4v) is 2.42. The van der Waals surface area contributed by atoms with Gasteiger partial charge < -0.3 is 14.8 Å². The van der Waals surface area contributed by atoms with Crippen LogP contribution in [0.5, 0.6) is 11.5 Å². The third-order valence-electron chi connectivity index (χ3n) is 3.50. The van der Waals surface area contributed by atoms with E-state index in [4.69, 9.17) is 9.47 Å². The number of nitrogens with one attached hydrogen (secondary N) is 1. The fraction of sp³-hybridized carbons (Fsp3) is 0.625. The summed E-state index contributed by atoms with van der Waals surface area (Å²) in [7, 11) is 5.38. The number of para-hydroxylation sites is 1. The summed E-state index contributed by atoms with van der Waals surface area (Å²) in [6.07, 6.45) is 6.24. The zero-order valence-corrected chi connectivity index (χ0v) is 12.7. The molecule has 0 radical (unpaired) electrons. The first kappa shape index (κ1) is 15.8. The zero-order valence-electron chi connectivity index (χ0n) is 12.7. The molecule has 0 aliphatic rings. The minimum atomic E-state index is 0.321. The van der Waals surface area contributed by atoms with Gasteiger partial charge in [0.15, 0.2) is 11.5 Å². The summed E-state index contributed by atoms with van der Waals surface area (Å²) >= 11 is 0. The van der Waals surface area contributed by atoms with Crippen LogP contribution in [0.1, 0.15) is 50.6 Å². The maximum absolute atomic E-state index is 5.51. The lowest BCUT2D eigenvalue weighted by Gasteiger charge is -2.20. The van der Waals surface area contributed by atoms with Crippen molar-refractivity contribution in [2.24, 2.45) is 0 Å². The highest BCUT2D eigenvalue weighted by molar-refractivity contribution is 5.48. The van der Waals surface area contributed by atoms with Crippen molar-refractivity contribution in [1.29, 1.82) is 0 Å². The predicted octanol–water partition coefficient (Wildman–Crippen LogP) is 3.93. The van der Waals surface area contributed by atoms with Gasteiger partial charge in [0, 0.05) is 11.6 Å². The van der Waals surface area contributed by atoms with E-state index in [0.29, 0.717) is 6.04 Å². The molecular weight excluding hydrogens is 238 g/mol. The van der Waals surface area contributed by atoms with E-state index in [-0.39, 0.29) is 0 Å². The third-order valence-corrected chi connectivity index (χ3v) is 3.50. The lowest BCUT2D eigenvalue weighted by atomic mass is 9.99. The van der Waals surface area contributed by atoms with Crippen molar-refractivity contribution in [2.45, 2.75) is 45.1 Å². The minimum Gasteiger partial charge on any atom is -0.493 e. The molecule has 1 atom stereocenters. The molecule has 0 aromatic heterocycles. The van der Waals surface area contributed by atoms with Crippen LogP contribution in [0, 0.1) is 0 Å². The summed E-state index contributed by atoms with van der Waals surface area (Å²) in [5.41, 5.74) is 1.18. The number of unbranched alkanes of at least 4 members (excludes halogenated alkanes) is 3. The molecule has 0 spiro atoms. The van der Waals surface area contributed by atoms with E-state index in [1.807, 2.05) is 19.2 Å². The SMILES string of the molecule is CCCCCCC(NC)c1cccc(OC)c1OC. The van der Waals surface area contributed by atoms with Crippen molar-refractivity contribution >= 4 is 0 Å². The van der Waals surface area contributed by atoms with Crippen LogP contribution < -0.4 is 14.8 Å². The largest absolute Gasteiger partial charge is 0.493 e. The van der Waals surface area contributed by atoms with Crippen molar-refractivity contribution in [3.63, 3.8) is 0 Å². The van der Waals surface area contributed by atoms with Gasteiger partial charge in [-0.15, -0.1) is 0 Å². The monoisotopic (exact) mass is 265 g/mol. The number of methoxy groups -OCH3 is 2. The first-order valence-electron chi connectivity index (χ1n) is 7.16. The van der Waals surface area contributed by atoms with Gasteiger partial charge in [-0.25, -0.2) is 0 Å². The van der Waals surface area contributed by atoms with Crippen molar-refractivity contribution in [1.82, 2.24) is 5.32 Å². The molecule has 0 saturated heterocycles. The molecule has 1 aromatic carbocycles. The van der Waals surface area contributed by atoms with Crippen LogP contribution >= 0.6 is 0 Å². The van der Waals surface area contributed by atoms with Crippen molar-refractivity contribution in [2.75, 3.05) is 21.3 Å². The van der Waals surface area contributed by atoms with E-state index in [2.05, 4.69) is 18.3 Å². The Morgan fingerprint density at radius 2 is 1.89 bits per heavy atom. The van der Waals surface area contributed by atoms with Crippen LogP contribution in [0.3, 0.4) is 0 Å². The fourth-order valence-electron chi connectivity index (χ4n) is 2.42. The summed E-state index contributed by atoms with van der Waals surface area (Å²) in [5, 5.41) is 3.39. The molecule has 0 aliphatic heterocycles. The Bertz CT molecular complexity index is 366. The van der Waals surface area contributed by atoms with Gasteiger partial charge in [-0.1, -0.05) is 44.7 Å². The Kier molecular flexibility index (Phi) is 7.34. The topological polar surface area (TPSA) is 30.5 Å². The van der Waals surface area contributed by atoms with Crippen LogP contribution in [0.15, 0.2) is 18.2 Å². The Balaban J connectivity index is 2.79. The normalized spacial score (nSPS) is 12.2. The standard InChI is InChI=1S/C16H27NO2/c1-5-6-7-8-11-14(17-2)13-10-9-12-15(18-3)16(13)19-4/h9-10,12,14,17H,5-8,11H2,1-4H3. The van der Waals surface area contributed by atoms with E-state index in [1.165, 1.54) is 31.2 Å². The third kappa shape index (κ3) is 4.43. The molecular formula is C16H27NO2. The van der Waals surface area contributed by atoms with Crippen molar-refractivity contribution in [3.05, 3.63) is 23.8 Å². The van der Waals surface area contributed by atoms with Gasteiger partial charge in [-0.05, 0) is 19.5 Å². The van der Waals surface area contributed by atoms with Gasteiger partial charge in [0.05, 0.1) is 14.2 Å². The first-order chi connectivity index (χ1) is 9.28. The molecule has 0 amide bonds. The van der Waals surface area contributed by atoms with Gasteiger partial charge in [-0.3, -0.25) is 0 Å². The first-order valence-corrected chi connectivity index (χ1v) is 7.16. The van der Waals surface area contributed by atoms with Gasteiger partial charge in [0.2, 0.25) is 0 Å². The lowest BCUT2D eigenvalue weighted by molar-refractivity contribution is 0.345. The Morgan fingerprint density at radius 3 is 2.47 bits per heavy atom. The minimum absolute atomic E-state index is 0.321. The van der Waals surface area contributed by atoms with E-state index < -0.39 is 0 Å². The van der Waals surface area contributed by atoms with E-state index in [9.17, 15) is 0 Å². The molecule has 108 valence electrons. The lowest BCUT2D eigenvalue weighted by Crippen LogP contribution is -2.17. The molecule has 3 nitrogen and oxygen atoms in total. The number of hydrogen-bond acceptors (Lipinski definition) is 3. The van der Waals surface area contributed by atoms with Crippen molar-refractivity contribution < 1.29 is 9.47 Å². The highest BCUT2D eigenvalue weighted by Gasteiger charge is 2.17. The average molecular weight is 265 g/mol. The summed E-state index contributed by atoms with van der Waals surface area (Å²) in [6, 6.07) is 6.39. The molecule has 1 N–H and O–H groups in total. The molecule has 0 fully saturated rings. The van der Waals surface area contributed by atoms with E-state index >= 15 is 0 Å². The van der Waals surface area contributed by atoms with Crippen LogP contribution in [0.2, 0.25) is 0 Å². The summed E-state index contributed by atoms with van der Waals surface area (Å²) in [4.78, 5) is 0. The smallest absolute Gasteiger partial charge is 0.165 e. The summed E-state index contributed by atoms with van der Waals surface area (Å²) in [5.74, 6) is 1.65. The van der Waals surface area contributed by atoms with Gasteiger partial charge >= 0.3 is 0 Å². The Morgan fingerprint density at radius 1 is 1.11 bits per heavy atom. The molecule has 0 aliphatic carbocycles. The predicted molar refractivity (Wildman–Crippen MR) is 80.1 cm³/mol. The molecule has 0 bridgehead atoms. The van der Waals surface area contributed by atoms with E-state index in [0.717, 1.165) is 17.9 Å². The van der Waals surface area contributed by atoms with Crippen LogP contribution in [0.25, 0.3) is 0 Å². The zero-order chi connectivity index (χ0) is 14.1. The molecule has 0 saturated carbocycles. The molecule has 19 heavy (non-hydrogen) atoms. The van der Waals surface area contributed by atoms with Gasteiger partial charge in [0.1, 0.15) is 0 Å². The molecule has 1 unspecified atom stereocenters. The average Bonchev–Trinajstić information content (AvgIpc) is 2.46. The second-order valence-electron chi connectivity index (χ2n) is 4.77. The second kappa shape index (κ2) is 8.81. The molecule has 1 aromatic rings. The van der Waals surface area contributed by atoms with Crippen LogP contribution in [-0.4, -0.2) is 21.3 Å². The highest BCUT2D eigenvalue weighted by Crippen LogP contribution is 2.36. The van der Waals surface area contributed by atoms with E-state index in [1.54, 1.807) is 14.2 Å². The molecule has 3 heteroatoms. The molecule has 1 rings (SSSR count). The Labute approximate surface area is 117 Å². The second-order valence-corrected chi connectivity index (χ2v) is 4.77. The quantitative estimate of drug-likeness (QED) is 0.686. The van der Waals surface area contributed by atoms with Crippen molar-refractivity contribution in [3.8, 4) is 11.5 Å². The van der Waals surface area contributed by atoms with Gasteiger partial charge in [-0.2, -0.15) is 0 Å². The summed E-state index contributed by atoms with van der Waals surface area (Å²) in [6.45, 7) is 2.24. The molecule has 0 heterocycles. The number of hydrogen-bond donors (Lipinski definition) is 1.